The minimum atomic E-state index is 0.601. The van der Waals surface area contributed by atoms with Crippen molar-refractivity contribution in [3.05, 3.63) is 24.0 Å². The SMILES string of the molecule is Cc1ccc(N[C@H](C)C2CC2)cn1. The first-order valence-corrected chi connectivity index (χ1v) is 4.95. The molecule has 13 heavy (non-hydrogen) atoms. The summed E-state index contributed by atoms with van der Waals surface area (Å²) in [6.07, 6.45) is 4.68. The van der Waals surface area contributed by atoms with Crippen molar-refractivity contribution in [3.8, 4) is 0 Å². The summed E-state index contributed by atoms with van der Waals surface area (Å²) < 4.78 is 0. The van der Waals surface area contributed by atoms with Crippen molar-refractivity contribution in [1.29, 1.82) is 0 Å². The van der Waals surface area contributed by atoms with Gasteiger partial charge in [0.1, 0.15) is 0 Å². The molecule has 1 aliphatic carbocycles. The third-order valence-electron chi connectivity index (χ3n) is 2.63. The van der Waals surface area contributed by atoms with Crippen molar-refractivity contribution in [2.24, 2.45) is 5.92 Å². The zero-order valence-electron chi connectivity index (χ0n) is 8.25. The molecule has 0 aliphatic heterocycles. The third kappa shape index (κ3) is 2.20. The summed E-state index contributed by atoms with van der Waals surface area (Å²) in [6, 6.07) is 4.74. The maximum Gasteiger partial charge on any atom is 0.0529 e. The molecule has 1 atom stereocenters. The lowest BCUT2D eigenvalue weighted by Crippen LogP contribution is -2.17. The zero-order chi connectivity index (χ0) is 9.26. The van der Waals surface area contributed by atoms with Gasteiger partial charge >= 0.3 is 0 Å². The predicted molar refractivity (Wildman–Crippen MR) is 54.8 cm³/mol. The number of aryl methyl sites for hydroxylation is 1. The van der Waals surface area contributed by atoms with Gasteiger partial charge in [0, 0.05) is 11.7 Å². The highest BCUT2D eigenvalue weighted by atomic mass is 14.9. The Morgan fingerprint density at radius 1 is 1.46 bits per heavy atom. The molecule has 0 aromatic carbocycles. The molecule has 1 fully saturated rings. The van der Waals surface area contributed by atoms with Crippen LogP contribution < -0.4 is 5.32 Å². The fourth-order valence-electron chi connectivity index (χ4n) is 1.53. The van der Waals surface area contributed by atoms with E-state index < -0.39 is 0 Å². The molecule has 1 aromatic heterocycles. The van der Waals surface area contributed by atoms with E-state index in [4.69, 9.17) is 0 Å². The standard InChI is InChI=1S/C11H16N2/c1-8-3-6-11(7-12-8)13-9(2)10-4-5-10/h3,6-7,9-10,13H,4-5H2,1-2H3/t9-/m1/s1. The molecule has 2 heteroatoms. The molecule has 70 valence electrons. The molecular weight excluding hydrogens is 160 g/mol. The second-order valence-corrected chi connectivity index (χ2v) is 3.96. The van der Waals surface area contributed by atoms with Crippen molar-refractivity contribution in [2.75, 3.05) is 5.32 Å². The van der Waals surface area contributed by atoms with Crippen molar-refractivity contribution in [1.82, 2.24) is 4.98 Å². The fourth-order valence-corrected chi connectivity index (χ4v) is 1.53. The maximum atomic E-state index is 4.25. The van der Waals surface area contributed by atoms with E-state index in [0.717, 1.165) is 17.3 Å². The second kappa shape index (κ2) is 3.36. The van der Waals surface area contributed by atoms with Gasteiger partial charge < -0.3 is 5.32 Å². The summed E-state index contributed by atoms with van der Waals surface area (Å²) in [5.41, 5.74) is 2.22. The van der Waals surface area contributed by atoms with E-state index in [9.17, 15) is 0 Å². The molecule has 1 aliphatic rings. The van der Waals surface area contributed by atoms with Crippen LogP contribution in [0.3, 0.4) is 0 Å². The Morgan fingerprint density at radius 2 is 2.23 bits per heavy atom. The lowest BCUT2D eigenvalue weighted by Gasteiger charge is -2.13. The molecule has 0 amide bonds. The summed E-state index contributed by atoms with van der Waals surface area (Å²) in [4.78, 5) is 4.25. The Labute approximate surface area is 79.4 Å². The van der Waals surface area contributed by atoms with E-state index in [1.165, 1.54) is 12.8 Å². The summed E-state index contributed by atoms with van der Waals surface area (Å²) in [5.74, 6) is 0.890. The minimum absolute atomic E-state index is 0.601. The van der Waals surface area contributed by atoms with Gasteiger partial charge in [0.05, 0.1) is 11.9 Å². The topological polar surface area (TPSA) is 24.9 Å². The molecule has 0 radical (unpaired) electrons. The van der Waals surface area contributed by atoms with Crippen LogP contribution in [-0.4, -0.2) is 11.0 Å². The number of hydrogen-bond donors (Lipinski definition) is 1. The summed E-state index contributed by atoms with van der Waals surface area (Å²) in [7, 11) is 0. The van der Waals surface area contributed by atoms with Crippen LogP contribution in [-0.2, 0) is 0 Å². The van der Waals surface area contributed by atoms with Crippen molar-refractivity contribution in [2.45, 2.75) is 32.7 Å². The second-order valence-electron chi connectivity index (χ2n) is 3.96. The van der Waals surface area contributed by atoms with Crippen LogP contribution in [0.4, 0.5) is 5.69 Å². The van der Waals surface area contributed by atoms with Gasteiger partial charge in [-0.2, -0.15) is 0 Å². The normalized spacial score (nSPS) is 18.3. The molecule has 2 rings (SSSR count). The molecule has 0 spiro atoms. The fraction of sp³-hybridized carbons (Fsp3) is 0.545. The first kappa shape index (κ1) is 8.54. The van der Waals surface area contributed by atoms with Gasteiger partial charge in [-0.15, -0.1) is 0 Å². The average molecular weight is 176 g/mol. The number of hydrogen-bond acceptors (Lipinski definition) is 2. The quantitative estimate of drug-likeness (QED) is 0.765. The number of rotatable bonds is 3. The zero-order valence-corrected chi connectivity index (χ0v) is 8.25. The molecule has 0 bridgehead atoms. The average Bonchev–Trinajstić information content (AvgIpc) is 2.91. The number of nitrogens with zero attached hydrogens (tertiary/aromatic N) is 1. The molecule has 0 saturated heterocycles. The number of aromatic nitrogens is 1. The van der Waals surface area contributed by atoms with Gasteiger partial charge in [-0.3, -0.25) is 4.98 Å². The van der Waals surface area contributed by atoms with E-state index in [0.29, 0.717) is 6.04 Å². The van der Waals surface area contributed by atoms with Crippen LogP contribution in [0.5, 0.6) is 0 Å². The largest absolute Gasteiger partial charge is 0.381 e. The highest BCUT2D eigenvalue weighted by Crippen LogP contribution is 2.33. The molecule has 1 saturated carbocycles. The Morgan fingerprint density at radius 3 is 2.77 bits per heavy atom. The number of pyridine rings is 1. The maximum absolute atomic E-state index is 4.25. The molecule has 1 aromatic rings. The predicted octanol–water partition coefficient (Wildman–Crippen LogP) is 2.60. The van der Waals surface area contributed by atoms with Crippen LogP contribution >= 0.6 is 0 Å². The van der Waals surface area contributed by atoms with Crippen LogP contribution in [0.15, 0.2) is 18.3 Å². The van der Waals surface area contributed by atoms with E-state index >= 15 is 0 Å². The van der Waals surface area contributed by atoms with Gasteiger partial charge in [-0.25, -0.2) is 0 Å². The van der Waals surface area contributed by atoms with E-state index in [1.54, 1.807) is 0 Å². The highest BCUT2D eigenvalue weighted by molar-refractivity contribution is 5.42. The summed E-state index contributed by atoms with van der Waals surface area (Å²) in [6.45, 7) is 4.26. The van der Waals surface area contributed by atoms with Crippen molar-refractivity contribution < 1.29 is 0 Å². The smallest absolute Gasteiger partial charge is 0.0529 e. The monoisotopic (exact) mass is 176 g/mol. The Kier molecular flexibility index (Phi) is 2.21. The molecule has 2 nitrogen and oxygen atoms in total. The minimum Gasteiger partial charge on any atom is -0.381 e. The first-order chi connectivity index (χ1) is 6.25. The van der Waals surface area contributed by atoms with Gasteiger partial charge in [0.25, 0.3) is 0 Å². The number of anilines is 1. The van der Waals surface area contributed by atoms with E-state index in [1.807, 2.05) is 19.2 Å². The molecular formula is C11H16N2. The van der Waals surface area contributed by atoms with Crippen LogP contribution in [0.1, 0.15) is 25.5 Å². The summed E-state index contributed by atoms with van der Waals surface area (Å²) in [5, 5.41) is 3.47. The Hall–Kier alpha value is -1.05. The van der Waals surface area contributed by atoms with Gasteiger partial charge in [0.15, 0.2) is 0 Å². The molecule has 1 N–H and O–H groups in total. The van der Waals surface area contributed by atoms with Crippen LogP contribution in [0.25, 0.3) is 0 Å². The van der Waals surface area contributed by atoms with E-state index in [-0.39, 0.29) is 0 Å². The van der Waals surface area contributed by atoms with Crippen LogP contribution in [0.2, 0.25) is 0 Å². The highest BCUT2D eigenvalue weighted by Gasteiger charge is 2.27. The van der Waals surface area contributed by atoms with Crippen molar-refractivity contribution in [3.63, 3.8) is 0 Å². The van der Waals surface area contributed by atoms with E-state index in [2.05, 4.69) is 23.3 Å². The Balaban J connectivity index is 1.96. The lowest BCUT2D eigenvalue weighted by atomic mass is 10.2. The number of nitrogens with one attached hydrogen (secondary N) is 1. The third-order valence-corrected chi connectivity index (χ3v) is 2.63. The summed E-state index contributed by atoms with van der Waals surface area (Å²) >= 11 is 0. The lowest BCUT2D eigenvalue weighted by molar-refractivity contribution is 0.693. The van der Waals surface area contributed by atoms with Gasteiger partial charge in [0.2, 0.25) is 0 Å². The molecule has 0 unspecified atom stereocenters. The van der Waals surface area contributed by atoms with Crippen LogP contribution in [0, 0.1) is 12.8 Å². The van der Waals surface area contributed by atoms with Gasteiger partial charge in [-0.05, 0) is 44.7 Å². The molecule has 1 heterocycles. The first-order valence-electron chi connectivity index (χ1n) is 4.95. The van der Waals surface area contributed by atoms with Gasteiger partial charge in [-0.1, -0.05) is 0 Å². The van der Waals surface area contributed by atoms with Crippen molar-refractivity contribution >= 4 is 5.69 Å². The Bertz CT molecular complexity index is 275.